The fraction of sp³-hybridized carbons (Fsp3) is 0.429. The van der Waals surface area contributed by atoms with Gasteiger partial charge in [-0.1, -0.05) is 0 Å². The predicted molar refractivity (Wildman–Crippen MR) is 85.1 cm³/mol. The number of nitrogens with one attached hydrogen (secondary N) is 1. The third-order valence-electron chi connectivity index (χ3n) is 3.07. The molecule has 3 amide bonds. The van der Waals surface area contributed by atoms with Crippen molar-refractivity contribution >= 4 is 29.6 Å². The zero-order valence-electron chi connectivity index (χ0n) is 13.6. The van der Waals surface area contributed by atoms with Crippen molar-refractivity contribution < 1.29 is 32.3 Å². The number of benzene rings is 1. The van der Waals surface area contributed by atoms with E-state index in [9.17, 15) is 27.2 Å². The first-order chi connectivity index (χ1) is 11.5. The lowest BCUT2D eigenvalue weighted by Gasteiger charge is -2.28. The van der Waals surface area contributed by atoms with Crippen LogP contribution in [0.4, 0.5) is 32.8 Å². The SMILES string of the molecule is CCN(C(=O)O)N(C)C(=O)Nc1cc(SCC(F)(F)F)c(C)cc1F. The summed E-state index contributed by atoms with van der Waals surface area (Å²) in [6.45, 7) is 2.92. The summed E-state index contributed by atoms with van der Waals surface area (Å²) in [7, 11) is 1.17. The van der Waals surface area contributed by atoms with Crippen molar-refractivity contribution in [2.75, 3.05) is 24.7 Å². The molecule has 0 spiro atoms. The molecule has 0 radical (unpaired) electrons. The standard InChI is InChI=1S/C14H17F4N3O3S/c1-4-21(13(23)24)20(3)12(22)19-10-6-11(8(2)5-9(10)15)25-7-14(16,17)18/h5-6H,4,7H2,1-3H3,(H,19,22)(H,23,24). The maximum atomic E-state index is 14.0. The molecule has 140 valence electrons. The molecule has 0 aliphatic heterocycles. The molecule has 0 aliphatic carbocycles. The van der Waals surface area contributed by atoms with Crippen molar-refractivity contribution in [1.82, 2.24) is 10.0 Å². The van der Waals surface area contributed by atoms with Crippen LogP contribution in [-0.4, -0.2) is 52.8 Å². The number of thioether (sulfide) groups is 1. The Labute approximate surface area is 145 Å². The number of amides is 3. The summed E-state index contributed by atoms with van der Waals surface area (Å²) in [5, 5.41) is 12.5. The van der Waals surface area contributed by atoms with E-state index in [4.69, 9.17) is 5.11 Å². The van der Waals surface area contributed by atoms with Gasteiger partial charge in [-0.3, -0.25) is 0 Å². The van der Waals surface area contributed by atoms with Crippen LogP contribution in [0.1, 0.15) is 12.5 Å². The fourth-order valence-corrected chi connectivity index (χ4v) is 2.65. The lowest BCUT2D eigenvalue weighted by molar-refractivity contribution is -0.105. The normalized spacial score (nSPS) is 11.2. The number of aryl methyl sites for hydroxylation is 1. The first-order valence-electron chi connectivity index (χ1n) is 7.01. The monoisotopic (exact) mass is 383 g/mol. The number of hydrogen-bond acceptors (Lipinski definition) is 3. The molecule has 0 heterocycles. The number of urea groups is 1. The molecule has 0 unspecified atom stereocenters. The van der Waals surface area contributed by atoms with E-state index in [0.29, 0.717) is 22.3 Å². The first kappa shape index (κ1) is 20.9. The number of carbonyl (C=O) groups is 2. The van der Waals surface area contributed by atoms with Crippen LogP contribution in [0.15, 0.2) is 17.0 Å². The molecule has 25 heavy (non-hydrogen) atoms. The van der Waals surface area contributed by atoms with Gasteiger partial charge in [0.15, 0.2) is 0 Å². The quantitative estimate of drug-likeness (QED) is 0.465. The maximum absolute atomic E-state index is 14.0. The minimum atomic E-state index is -4.39. The van der Waals surface area contributed by atoms with Gasteiger partial charge in [0, 0.05) is 18.5 Å². The van der Waals surface area contributed by atoms with Crippen LogP contribution < -0.4 is 5.32 Å². The Kier molecular flexibility index (Phi) is 6.91. The van der Waals surface area contributed by atoms with Crippen LogP contribution in [0.25, 0.3) is 0 Å². The maximum Gasteiger partial charge on any atom is 0.426 e. The number of carboxylic acid groups (broad SMARTS) is 1. The Bertz CT molecular complexity index is 655. The minimum Gasteiger partial charge on any atom is -0.464 e. The van der Waals surface area contributed by atoms with E-state index < -0.39 is 29.9 Å². The van der Waals surface area contributed by atoms with E-state index in [-0.39, 0.29) is 17.1 Å². The highest BCUT2D eigenvalue weighted by Gasteiger charge is 2.28. The molecular weight excluding hydrogens is 366 g/mol. The number of hydrazine groups is 1. The van der Waals surface area contributed by atoms with Crippen molar-refractivity contribution in [2.24, 2.45) is 0 Å². The number of carbonyl (C=O) groups excluding carboxylic acids is 1. The highest BCUT2D eigenvalue weighted by molar-refractivity contribution is 7.99. The number of hydrogen-bond donors (Lipinski definition) is 2. The Morgan fingerprint density at radius 3 is 2.40 bits per heavy atom. The minimum absolute atomic E-state index is 0.0255. The molecule has 1 aromatic rings. The van der Waals surface area contributed by atoms with Crippen molar-refractivity contribution in [1.29, 1.82) is 0 Å². The Morgan fingerprint density at radius 2 is 1.92 bits per heavy atom. The molecule has 0 atom stereocenters. The highest BCUT2D eigenvalue weighted by atomic mass is 32.2. The van der Waals surface area contributed by atoms with Gasteiger partial charge in [0.05, 0.1) is 11.4 Å². The van der Waals surface area contributed by atoms with Crippen LogP contribution >= 0.6 is 11.8 Å². The molecule has 0 aliphatic rings. The first-order valence-corrected chi connectivity index (χ1v) is 7.99. The lowest BCUT2D eigenvalue weighted by atomic mass is 10.2. The van der Waals surface area contributed by atoms with Crippen molar-refractivity contribution in [3.63, 3.8) is 0 Å². The van der Waals surface area contributed by atoms with Gasteiger partial charge >= 0.3 is 18.3 Å². The average Bonchev–Trinajstić information content (AvgIpc) is 2.47. The fourth-order valence-electron chi connectivity index (χ4n) is 1.85. The highest BCUT2D eigenvalue weighted by Crippen LogP contribution is 2.32. The molecule has 11 heteroatoms. The molecule has 2 N–H and O–H groups in total. The Morgan fingerprint density at radius 1 is 1.32 bits per heavy atom. The third-order valence-corrected chi connectivity index (χ3v) is 4.30. The lowest BCUT2D eigenvalue weighted by Crippen LogP contribution is -2.48. The summed E-state index contributed by atoms with van der Waals surface area (Å²) in [6, 6.07) is 1.14. The van der Waals surface area contributed by atoms with Gasteiger partial charge in [-0.05, 0) is 31.5 Å². The van der Waals surface area contributed by atoms with Gasteiger partial charge < -0.3 is 10.4 Å². The molecular formula is C14H17F4N3O3S. The van der Waals surface area contributed by atoms with Gasteiger partial charge in [0.25, 0.3) is 0 Å². The number of halogens is 4. The topological polar surface area (TPSA) is 72.9 Å². The van der Waals surface area contributed by atoms with E-state index in [1.807, 2.05) is 0 Å². The van der Waals surface area contributed by atoms with E-state index in [0.717, 1.165) is 17.1 Å². The van der Waals surface area contributed by atoms with Crippen LogP contribution in [-0.2, 0) is 0 Å². The van der Waals surface area contributed by atoms with Crippen LogP contribution in [0.5, 0.6) is 0 Å². The smallest absolute Gasteiger partial charge is 0.426 e. The molecule has 0 fully saturated rings. The largest absolute Gasteiger partial charge is 0.464 e. The molecule has 0 aromatic heterocycles. The Hall–Kier alpha value is -2.17. The molecule has 0 saturated carbocycles. The second kappa shape index (κ2) is 8.28. The number of anilines is 1. The zero-order valence-corrected chi connectivity index (χ0v) is 14.5. The molecule has 0 bridgehead atoms. The van der Waals surface area contributed by atoms with E-state index in [1.165, 1.54) is 20.9 Å². The summed E-state index contributed by atoms with van der Waals surface area (Å²) in [6.07, 6.45) is -5.77. The van der Waals surface area contributed by atoms with Gasteiger partial charge in [-0.2, -0.15) is 13.2 Å². The van der Waals surface area contributed by atoms with Crippen molar-refractivity contribution in [2.45, 2.75) is 24.9 Å². The van der Waals surface area contributed by atoms with Gasteiger partial charge in [0.2, 0.25) is 0 Å². The summed E-state index contributed by atoms with van der Waals surface area (Å²) in [5.74, 6) is -2.00. The van der Waals surface area contributed by atoms with Crippen LogP contribution in [0.3, 0.4) is 0 Å². The number of nitrogens with zero attached hydrogens (tertiary/aromatic N) is 2. The summed E-state index contributed by atoms with van der Waals surface area (Å²) < 4.78 is 51.0. The number of alkyl halides is 3. The molecule has 1 rings (SSSR count). The molecule has 1 aromatic carbocycles. The summed E-state index contributed by atoms with van der Waals surface area (Å²) in [4.78, 5) is 23.2. The zero-order chi connectivity index (χ0) is 19.4. The van der Waals surface area contributed by atoms with Gasteiger partial charge in [-0.15, -0.1) is 11.8 Å². The van der Waals surface area contributed by atoms with E-state index >= 15 is 0 Å². The van der Waals surface area contributed by atoms with Crippen LogP contribution in [0, 0.1) is 12.7 Å². The summed E-state index contributed by atoms with van der Waals surface area (Å²) >= 11 is 0.467. The summed E-state index contributed by atoms with van der Waals surface area (Å²) in [5.41, 5.74) is -0.0487. The van der Waals surface area contributed by atoms with E-state index in [2.05, 4.69) is 5.32 Å². The van der Waals surface area contributed by atoms with E-state index in [1.54, 1.807) is 0 Å². The second-order valence-electron chi connectivity index (χ2n) is 4.95. The van der Waals surface area contributed by atoms with Crippen molar-refractivity contribution in [3.8, 4) is 0 Å². The van der Waals surface area contributed by atoms with Crippen LogP contribution in [0.2, 0.25) is 0 Å². The molecule has 6 nitrogen and oxygen atoms in total. The van der Waals surface area contributed by atoms with Crippen molar-refractivity contribution in [3.05, 3.63) is 23.5 Å². The molecule has 0 saturated heterocycles. The number of rotatable bonds is 4. The van der Waals surface area contributed by atoms with Gasteiger partial charge in [-0.25, -0.2) is 24.0 Å². The predicted octanol–water partition coefficient (Wildman–Crippen LogP) is 4.17. The Balaban J connectivity index is 2.97. The second-order valence-corrected chi connectivity index (χ2v) is 5.97. The average molecular weight is 383 g/mol. The van der Waals surface area contributed by atoms with Gasteiger partial charge in [0.1, 0.15) is 5.82 Å². The third kappa shape index (κ3) is 6.00.